The summed E-state index contributed by atoms with van der Waals surface area (Å²) < 4.78 is 5.86. The van der Waals surface area contributed by atoms with Gasteiger partial charge in [0.1, 0.15) is 11.3 Å². The zero-order valence-electron chi connectivity index (χ0n) is 9.08. The molecule has 0 bridgehead atoms. The standard InChI is InChI=1S/C14H14O/c1-9-4-6-13-12(7-9)11-5-3-10(2)8-14(11)15-13/h3-7,10H,8H2,1-2H3. The zero-order valence-corrected chi connectivity index (χ0v) is 9.08. The maximum Gasteiger partial charge on any atom is 0.134 e. The lowest BCUT2D eigenvalue weighted by atomic mass is 9.95. The summed E-state index contributed by atoms with van der Waals surface area (Å²) in [6.45, 7) is 4.34. The van der Waals surface area contributed by atoms with Gasteiger partial charge in [-0.15, -0.1) is 0 Å². The number of furan rings is 1. The van der Waals surface area contributed by atoms with E-state index in [4.69, 9.17) is 4.42 Å². The molecule has 0 saturated heterocycles. The fraction of sp³-hybridized carbons (Fsp3) is 0.286. The summed E-state index contributed by atoms with van der Waals surface area (Å²) in [6, 6.07) is 6.38. The van der Waals surface area contributed by atoms with Gasteiger partial charge in [-0.25, -0.2) is 0 Å². The first-order valence-electron chi connectivity index (χ1n) is 5.44. The van der Waals surface area contributed by atoms with Gasteiger partial charge >= 0.3 is 0 Å². The molecular formula is C14H14O. The van der Waals surface area contributed by atoms with Gasteiger partial charge in [0.25, 0.3) is 0 Å². The van der Waals surface area contributed by atoms with Gasteiger partial charge in [0.15, 0.2) is 0 Å². The van der Waals surface area contributed by atoms with Gasteiger partial charge in [-0.3, -0.25) is 0 Å². The van der Waals surface area contributed by atoms with Crippen molar-refractivity contribution in [2.75, 3.05) is 0 Å². The largest absolute Gasteiger partial charge is 0.460 e. The number of hydrogen-bond acceptors (Lipinski definition) is 1. The van der Waals surface area contributed by atoms with Gasteiger partial charge in [-0.2, -0.15) is 0 Å². The molecule has 1 aromatic heterocycles. The van der Waals surface area contributed by atoms with Crippen molar-refractivity contribution in [3.63, 3.8) is 0 Å². The second kappa shape index (κ2) is 2.99. The van der Waals surface area contributed by atoms with E-state index < -0.39 is 0 Å². The summed E-state index contributed by atoms with van der Waals surface area (Å²) >= 11 is 0. The van der Waals surface area contributed by atoms with E-state index >= 15 is 0 Å². The third-order valence-electron chi connectivity index (χ3n) is 3.06. The lowest BCUT2D eigenvalue weighted by molar-refractivity contribution is 0.513. The van der Waals surface area contributed by atoms with Gasteiger partial charge < -0.3 is 4.42 Å². The molecule has 1 aliphatic rings. The van der Waals surface area contributed by atoms with Crippen molar-refractivity contribution in [2.45, 2.75) is 20.3 Å². The van der Waals surface area contributed by atoms with Gasteiger partial charge in [-0.1, -0.05) is 30.7 Å². The lowest BCUT2D eigenvalue weighted by Crippen LogP contribution is -2.00. The molecule has 1 aliphatic carbocycles. The molecule has 15 heavy (non-hydrogen) atoms. The Kier molecular flexibility index (Phi) is 1.75. The van der Waals surface area contributed by atoms with Crippen molar-refractivity contribution in [2.24, 2.45) is 5.92 Å². The maximum atomic E-state index is 5.86. The summed E-state index contributed by atoms with van der Waals surface area (Å²) in [5.74, 6) is 1.74. The first kappa shape index (κ1) is 8.78. The van der Waals surface area contributed by atoms with Crippen LogP contribution in [-0.2, 0) is 6.42 Å². The zero-order chi connectivity index (χ0) is 10.4. The van der Waals surface area contributed by atoms with Crippen LogP contribution in [0.1, 0.15) is 23.8 Å². The van der Waals surface area contributed by atoms with E-state index in [1.54, 1.807) is 0 Å². The highest BCUT2D eigenvalue weighted by molar-refractivity contribution is 5.89. The van der Waals surface area contributed by atoms with Gasteiger partial charge in [-0.05, 0) is 25.0 Å². The van der Waals surface area contributed by atoms with Gasteiger partial charge in [0, 0.05) is 17.4 Å². The molecule has 1 nitrogen and oxygen atoms in total. The minimum absolute atomic E-state index is 0.596. The van der Waals surface area contributed by atoms with E-state index in [0.29, 0.717) is 5.92 Å². The Morgan fingerprint density at radius 2 is 2.20 bits per heavy atom. The topological polar surface area (TPSA) is 13.1 Å². The van der Waals surface area contributed by atoms with Crippen LogP contribution in [0.25, 0.3) is 17.0 Å². The maximum absolute atomic E-state index is 5.86. The number of fused-ring (bicyclic) bond motifs is 3. The van der Waals surface area contributed by atoms with E-state index in [1.807, 2.05) is 0 Å². The molecule has 0 amide bonds. The minimum Gasteiger partial charge on any atom is -0.460 e. The average molecular weight is 198 g/mol. The van der Waals surface area contributed by atoms with Gasteiger partial charge in [0.05, 0.1) is 0 Å². The van der Waals surface area contributed by atoms with Gasteiger partial charge in [0.2, 0.25) is 0 Å². The van der Waals surface area contributed by atoms with Crippen molar-refractivity contribution in [3.8, 4) is 0 Å². The van der Waals surface area contributed by atoms with Crippen LogP contribution in [0.5, 0.6) is 0 Å². The van der Waals surface area contributed by atoms with Crippen molar-refractivity contribution in [1.82, 2.24) is 0 Å². The second-order valence-corrected chi connectivity index (χ2v) is 4.48. The van der Waals surface area contributed by atoms with Crippen LogP contribution >= 0.6 is 0 Å². The predicted molar refractivity (Wildman–Crippen MR) is 62.9 cm³/mol. The summed E-state index contributed by atoms with van der Waals surface area (Å²) in [4.78, 5) is 0. The Morgan fingerprint density at radius 3 is 3.07 bits per heavy atom. The SMILES string of the molecule is Cc1ccc2oc3c(c2c1)C=CC(C)C3. The number of hydrogen-bond donors (Lipinski definition) is 0. The Morgan fingerprint density at radius 1 is 1.33 bits per heavy atom. The number of benzene rings is 1. The van der Waals surface area contributed by atoms with Crippen molar-refractivity contribution >= 4 is 17.0 Å². The lowest BCUT2D eigenvalue weighted by Gasteiger charge is -2.09. The Labute approximate surface area is 89.4 Å². The molecule has 1 heteroatoms. The normalized spacial score (nSPS) is 19.5. The molecule has 1 heterocycles. The monoisotopic (exact) mass is 198 g/mol. The molecule has 0 aliphatic heterocycles. The van der Waals surface area contributed by atoms with E-state index in [1.165, 1.54) is 16.5 Å². The number of allylic oxidation sites excluding steroid dienone is 1. The summed E-state index contributed by atoms with van der Waals surface area (Å²) in [7, 11) is 0. The molecule has 1 atom stereocenters. The molecule has 0 fully saturated rings. The molecular weight excluding hydrogens is 184 g/mol. The average Bonchev–Trinajstić information content (AvgIpc) is 2.54. The van der Waals surface area contributed by atoms with Crippen LogP contribution < -0.4 is 0 Å². The van der Waals surface area contributed by atoms with E-state index in [2.05, 4.69) is 44.2 Å². The first-order chi connectivity index (χ1) is 7.24. The molecule has 2 aromatic rings. The fourth-order valence-corrected chi connectivity index (χ4v) is 2.24. The third kappa shape index (κ3) is 1.30. The highest BCUT2D eigenvalue weighted by Gasteiger charge is 2.17. The number of rotatable bonds is 0. The van der Waals surface area contributed by atoms with Crippen LogP contribution in [0.15, 0.2) is 28.7 Å². The van der Waals surface area contributed by atoms with Crippen LogP contribution in [0.3, 0.4) is 0 Å². The first-order valence-corrected chi connectivity index (χ1v) is 5.44. The molecule has 76 valence electrons. The smallest absolute Gasteiger partial charge is 0.134 e. The summed E-state index contributed by atoms with van der Waals surface area (Å²) in [5.41, 5.74) is 3.59. The van der Waals surface area contributed by atoms with Crippen LogP contribution in [-0.4, -0.2) is 0 Å². The molecule has 0 saturated carbocycles. The molecule has 0 N–H and O–H groups in total. The van der Waals surface area contributed by atoms with Crippen molar-refractivity contribution < 1.29 is 4.42 Å². The Bertz CT molecular complexity index is 546. The van der Waals surface area contributed by atoms with Crippen LogP contribution in [0.2, 0.25) is 0 Å². The number of aryl methyl sites for hydroxylation is 1. The van der Waals surface area contributed by atoms with Crippen LogP contribution in [0.4, 0.5) is 0 Å². The highest BCUT2D eigenvalue weighted by atomic mass is 16.3. The Hall–Kier alpha value is -1.50. The van der Waals surface area contributed by atoms with Crippen molar-refractivity contribution in [1.29, 1.82) is 0 Å². The van der Waals surface area contributed by atoms with E-state index in [-0.39, 0.29) is 0 Å². The quantitative estimate of drug-likeness (QED) is 0.624. The molecule has 0 spiro atoms. The molecule has 1 aromatic carbocycles. The van der Waals surface area contributed by atoms with Crippen molar-refractivity contribution in [3.05, 3.63) is 41.2 Å². The third-order valence-corrected chi connectivity index (χ3v) is 3.06. The Balaban J connectivity index is 2.31. The minimum atomic E-state index is 0.596. The highest BCUT2D eigenvalue weighted by Crippen LogP contribution is 2.32. The van der Waals surface area contributed by atoms with E-state index in [9.17, 15) is 0 Å². The van der Waals surface area contributed by atoms with E-state index in [0.717, 1.165) is 17.8 Å². The summed E-state index contributed by atoms with van der Waals surface area (Å²) in [6.07, 6.45) is 5.49. The van der Waals surface area contributed by atoms with Crippen LogP contribution in [0, 0.1) is 12.8 Å². The summed E-state index contributed by atoms with van der Waals surface area (Å²) in [5, 5.41) is 1.26. The molecule has 1 unspecified atom stereocenters. The second-order valence-electron chi connectivity index (χ2n) is 4.48. The molecule has 3 rings (SSSR count). The molecule has 0 radical (unpaired) electrons. The predicted octanol–water partition coefficient (Wildman–Crippen LogP) is 3.95. The fourth-order valence-electron chi connectivity index (χ4n) is 2.24.